The summed E-state index contributed by atoms with van der Waals surface area (Å²) in [5, 5.41) is 13.8. The van der Waals surface area contributed by atoms with Gasteiger partial charge in [-0.2, -0.15) is 0 Å². The molecule has 1 unspecified atom stereocenters. The Labute approximate surface area is 427 Å². The molecule has 0 bridgehead atoms. The second-order valence-corrected chi connectivity index (χ2v) is 20.5. The number of hydrogen-bond acceptors (Lipinski definition) is 14. The number of piperazine rings is 1. The van der Waals surface area contributed by atoms with Gasteiger partial charge in [0.1, 0.15) is 28.7 Å². The molecule has 0 spiro atoms. The first-order valence-electron chi connectivity index (χ1n) is 25.1. The van der Waals surface area contributed by atoms with Crippen molar-refractivity contribution in [3.63, 3.8) is 0 Å². The van der Waals surface area contributed by atoms with Crippen molar-refractivity contribution in [2.45, 2.75) is 58.1 Å². The van der Waals surface area contributed by atoms with E-state index in [1.165, 1.54) is 12.1 Å². The Morgan fingerprint density at radius 2 is 1.58 bits per heavy atom. The summed E-state index contributed by atoms with van der Waals surface area (Å²) in [5.41, 5.74) is 11.2. The van der Waals surface area contributed by atoms with Crippen LogP contribution in [0.3, 0.4) is 0 Å². The van der Waals surface area contributed by atoms with Crippen LogP contribution in [0.1, 0.15) is 51.4 Å². The number of morpholine rings is 1. The van der Waals surface area contributed by atoms with Crippen LogP contribution in [0.2, 0.25) is 0 Å². The summed E-state index contributed by atoms with van der Waals surface area (Å²) in [6, 6.07) is 18.6. The topological polar surface area (TPSA) is 178 Å². The normalized spacial score (nSPS) is 18.1. The Bertz CT molecular complexity index is 3510. The molecule has 0 radical (unpaired) electrons. The number of imidazole rings is 1. The molecule has 2 amide bonds. The van der Waals surface area contributed by atoms with Crippen molar-refractivity contribution >= 4 is 62.9 Å². The van der Waals surface area contributed by atoms with Crippen molar-refractivity contribution in [2.24, 2.45) is 0 Å². The van der Waals surface area contributed by atoms with E-state index in [-0.39, 0.29) is 35.3 Å². The molecule has 18 nitrogen and oxygen atoms in total. The first-order chi connectivity index (χ1) is 35.8. The molecular formula is C55H58FN15O3. The summed E-state index contributed by atoms with van der Waals surface area (Å²) in [6.07, 6.45) is 10.7. The number of nitrogens with one attached hydrogen (secondary N) is 4. The number of anilines is 6. The number of pyridine rings is 5. The molecule has 12 rings (SSSR count). The van der Waals surface area contributed by atoms with Gasteiger partial charge in [-0.05, 0) is 96.0 Å². The zero-order valence-corrected chi connectivity index (χ0v) is 42.3. The lowest BCUT2D eigenvalue weighted by Crippen LogP contribution is -2.61. The SMILES string of the molecule is Cc1nc(Nc2cnc(-c3ccnc4c3ccn4CC3CO[C@H](C(C)(C)N(C)C)CN3c3ccc(Nc4ccc(-c5cnc6cc(F)ccn56)c5c4C(=O)NC5)nc3)c3c2C(=O)NC3)ccc1N1CCN(C)CC1. The summed E-state index contributed by atoms with van der Waals surface area (Å²) >= 11 is 0. The highest BCUT2D eigenvalue weighted by molar-refractivity contribution is 6.07. The summed E-state index contributed by atoms with van der Waals surface area (Å²) in [6.45, 7) is 12.7. The number of ether oxygens (including phenoxy) is 1. The monoisotopic (exact) mass is 995 g/mol. The van der Waals surface area contributed by atoms with Crippen LogP contribution in [-0.2, 0) is 24.4 Å². The molecule has 378 valence electrons. The summed E-state index contributed by atoms with van der Waals surface area (Å²) in [5.74, 6) is 0.533. The quantitative estimate of drug-likeness (QED) is 0.0985. The number of benzene rings is 1. The third-order valence-corrected chi connectivity index (χ3v) is 15.6. The van der Waals surface area contributed by atoms with Crippen LogP contribution in [0.4, 0.5) is 38.8 Å². The van der Waals surface area contributed by atoms with E-state index in [9.17, 15) is 14.0 Å². The van der Waals surface area contributed by atoms with Crippen molar-refractivity contribution in [2.75, 3.05) is 80.9 Å². The highest BCUT2D eigenvalue weighted by atomic mass is 19.1. The second-order valence-electron chi connectivity index (χ2n) is 20.5. The van der Waals surface area contributed by atoms with E-state index in [0.29, 0.717) is 72.6 Å². The first-order valence-corrected chi connectivity index (χ1v) is 25.1. The Hall–Kier alpha value is -8.00. The molecule has 4 aliphatic heterocycles. The molecular weight excluding hydrogens is 938 g/mol. The van der Waals surface area contributed by atoms with Crippen LogP contribution in [0.5, 0.6) is 0 Å². The van der Waals surface area contributed by atoms with Crippen LogP contribution in [0, 0.1) is 12.7 Å². The van der Waals surface area contributed by atoms with Gasteiger partial charge in [-0.15, -0.1) is 0 Å². The van der Waals surface area contributed by atoms with Crippen LogP contribution in [0.15, 0.2) is 97.8 Å². The number of nitrogens with zero attached hydrogens (tertiary/aromatic N) is 11. The fraction of sp³-hybridized carbons (Fsp3) is 0.327. The third-order valence-electron chi connectivity index (χ3n) is 15.6. The molecule has 2 fully saturated rings. The van der Waals surface area contributed by atoms with Crippen molar-refractivity contribution in [3.8, 4) is 22.5 Å². The van der Waals surface area contributed by atoms with Crippen molar-refractivity contribution in [3.05, 3.63) is 132 Å². The van der Waals surface area contributed by atoms with Crippen LogP contribution < -0.4 is 31.1 Å². The summed E-state index contributed by atoms with van der Waals surface area (Å²) < 4.78 is 24.7. The van der Waals surface area contributed by atoms with E-state index in [2.05, 4.69) is 110 Å². The maximum absolute atomic E-state index is 14.0. The largest absolute Gasteiger partial charge is 0.372 e. The molecule has 2 saturated heterocycles. The number of aryl methyl sites for hydroxylation is 1. The molecule has 1 aromatic carbocycles. The van der Waals surface area contributed by atoms with Gasteiger partial charge in [-0.1, -0.05) is 6.07 Å². The van der Waals surface area contributed by atoms with E-state index < -0.39 is 0 Å². The molecule has 7 aromatic heterocycles. The molecule has 2 atom stereocenters. The lowest BCUT2D eigenvalue weighted by molar-refractivity contribution is -0.0622. The van der Waals surface area contributed by atoms with Crippen molar-refractivity contribution in [1.82, 2.24) is 54.3 Å². The fourth-order valence-electron chi connectivity index (χ4n) is 10.9. The number of rotatable bonds is 12. The number of likely N-dealkylation sites (N-methyl/N-ethyl adjacent to an activating group) is 2. The average Bonchev–Trinajstić information content (AvgIpc) is 4.21. The van der Waals surface area contributed by atoms with E-state index >= 15 is 0 Å². The van der Waals surface area contributed by atoms with Gasteiger partial charge in [0.05, 0.1) is 88.3 Å². The van der Waals surface area contributed by atoms with Gasteiger partial charge in [-0.25, -0.2) is 24.3 Å². The van der Waals surface area contributed by atoms with E-state index in [1.807, 2.05) is 54.0 Å². The van der Waals surface area contributed by atoms with Crippen LogP contribution >= 0.6 is 0 Å². The summed E-state index contributed by atoms with van der Waals surface area (Å²) in [4.78, 5) is 60.3. The molecule has 4 aliphatic rings. The first kappa shape index (κ1) is 47.0. The Kier molecular flexibility index (Phi) is 11.8. The zero-order chi connectivity index (χ0) is 51.0. The van der Waals surface area contributed by atoms with E-state index in [4.69, 9.17) is 24.7 Å². The standard InChI is InChI=1S/C55H58FN15O3/c1-32-43(68-21-19-67(6)20-22-68)10-12-47(63-32)65-42-27-60-51(40-26-62-54(73)50(40)42)37-13-16-57-52-38(37)15-17-69(52)29-35-31-74-45(55(2,3)66(4)5)30-71(35)34-7-11-46(58-24-34)64-41-9-8-36(39-25-61-53(72)49(39)41)44-28-59-48-23-33(56)14-18-70(44)48/h7-18,23-24,27-28,35,45H,19-22,25-26,29-31H2,1-6H3,(H,58,64)(H,61,72)(H,62,73)(H,63,65)/t35?,45-/m0/s1. The van der Waals surface area contributed by atoms with Crippen molar-refractivity contribution < 1.29 is 18.7 Å². The smallest absolute Gasteiger partial charge is 0.254 e. The number of aromatic nitrogens is 7. The molecule has 74 heavy (non-hydrogen) atoms. The zero-order valence-electron chi connectivity index (χ0n) is 42.3. The average molecular weight is 996 g/mol. The van der Waals surface area contributed by atoms with Gasteiger partial charge < -0.3 is 50.2 Å². The number of carbonyl (C=O) groups excluding carboxylic acids is 2. The molecule has 8 aromatic rings. The molecule has 4 N–H and O–H groups in total. The van der Waals surface area contributed by atoms with E-state index in [0.717, 1.165) is 87.9 Å². The number of fused-ring (bicyclic) bond motifs is 4. The van der Waals surface area contributed by atoms with E-state index in [1.54, 1.807) is 18.6 Å². The fourth-order valence-corrected chi connectivity index (χ4v) is 10.9. The number of halogens is 1. The highest BCUT2D eigenvalue weighted by Gasteiger charge is 2.40. The molecule has 0 aliphatic carbocycles. The van der Waals surface area contributed by atoms with Crippen molar-refractivity contribution in [1.29, 1.82) is 0 Å². The predicted octanol–water partition coefficient (Wildman–Crippen LogP) is 6.99. The summed E-state index contributed by atoms with van der Waals surface area (Å²) in [7, 11) is 6.30. The molecule has 11 heterocycles. The third kappa shape index (κ3) is 8.29. The minimum Gasteiger partial charge on any atom is -0.372 e. The Morgan fingerprint density at radius 3 is 2.35 bits per heavy atom. The van der Waals surface area contributed by atoms with Gasteiger partial charge in [0.15, 0.2) is 0 Å². The van der Waals surface area contributed by atoms with Gasteiger partial charge in [0.2, 0.25) is 0 Å². The van der Waals surface area contributed by atoms with Gasteiger partial charge in [0.25, 0.3) is 11.8 Å². The van der Waals surface area contributed by atoms with Crippen LogP contribution in [0.25, 0.3) is 39.2 Å². The number of carbonyl (C=O) groups is 2. The lowest BCUT2D eigenvalue weighted by atomic mass is 9.93. The maximum Gasteiger partial charge on any atom is 0.254 e. The number of amides is 2. The minimum atomic E-state index is -0.365. The van der Waals surface area contributed by atoms with Crippen LogP contribution in [-0.4, -0.2) is 134 Å². The van der Waals surface area contributed by atoms with Gasteiger partial charge in [-0.3, -0.25) is 19.0 Å². The minimum absolute atomic E-state index is 0.0936. The van der Waals surface area contributed by atoms with Gasteiger partial charge >= 0.3 is 0 Å². The second kappa shape index (κ2) is 18.5. The molecule has 0 saturated carbocycles. The van der Waals surface area contributed by atoms with Gasteiger partial charge in [0, 0.05) is 105 Å². The number of hydrogen-bond donors (Lipinski definition) is 4. The Morgan fingerprint density at radius 1 is 0.811 bits per heavy atom. The predicted molar refractivity (Wildman–Crippen MR) is 284 cm³/mol. The lowest BCUT2D eigenvalue weighted by Gasteiger charge is -2.48. The highest BCUT2D eigenvalue weighted by Crippen LogP contribution is 2.39. The Balaban J connectivity index is 0.809. The maximum atomic E-state index is 14.0. The molecule has 19 heteroatoms.